The molecular weight excluding hydrogens is 560 g/mol. The minimum atomic E-state index is 0.654. The number of nitrogens with zero attached hydrogens (tertiary/aromatic N) is 4. The van der Waals surface area contributed by atoms with Crippen LogP contribution < -0.4 is 15.3 Å². The first-order valence-corrected chi connectivity index (χ1v) is 15.5. The number of hydrogen-bond donors (Lipinski definition) is 0. The maximum absolute atomic E-state index is 10.0. The van der Waals surface area contributed by atoms with Gasteiger partial charge in [0.15, 0.2) is 0 Å². The average Bonchev–Trinajstić information content (AvgIpc) is 3.63. The van der Waals surface area contributed by atoms with Crippen LogP contribution in [0.3, 0.4) is 0 Å². The van der Waals surface area contributed by atoms with Crippen molar-refractivity contribution in [3.05, 3.63) is 173 Å². The Hall–Kier alpha value is -6.44. The lowest BCUT2D eigenvalue weighted by Gasteiger charge is -2.16. The van der Waals surface area contributed by atoms with Crippen molar-refractivity contribution in [2.75, 3.05) is 0 Å². The topological polar surface area (TPSA) is 36.7 Å². The van der Waals surface area contributed by atoms with Gasteiger partial charge in [-0.1, -0.05) is 95.7 Å². The Balaban J connectivity index is 1.49. The van der Waals surface area contributed by atoms with E-state index in [1.165, 1.54) is 43.4 Å². The van der Waals surface area contributed by atoms with E-state index >= 15 is 0 Å². The van der Waals surface area contributed by atoms with Gasteiger partial charge in [0.25, 0.3) is 11.1 Å². The van der Waals surface area contributed by atoms with Gasteiger partial charge < -0.3 is 4.57 Å². The van der Waals surface area contributed by atoms with E-state index in [-0.39, 0.29) is 0 Å². The molecule has 4 heteroatoms. The molecule has 3 heterocycles. The lowest BCUT2D eigenvalue weighted by Crippen LogP contribution is -2.53. The van der Waals surface area contributed by atoms with E-state index in [1.54, 1.807) is 0 Å². The van der Waals surface area contributed by atoms with E-state index in [2.05, 4.69) is 166 Å². The zero-order valence-electron chi connectivity index (χ0n) is 24.7. The Kier molecular flexibility index (Phi) is 5.03. The molecular formula is C42H25N4+. The lowest BCUT2D eigenvalue weighted by atomic mass is 9.99. The third kappa shape index (κ3) is 3.18. The number of benzene rings is 7. The summed E-state index contributed by atoms with van der Waals surface area (Å²) in [4.78, 5) is 0. The minimum absolute atomic E-state index is 0.654. The first-order chi connectivity index (χ1) is 22.8. The Morgan fingerprint density at radius 3 is 1.93 bits per heavy atom. The monoisotopic (exact) mass is 585 g/mol. The van der Waals surface area contributed by atoms with Gasteiger partial charge in [0.05, 0.1) is 22.7 Å². The molecule has 7 aromatic carbocycles. The van der Waals surface area contributed by atoms with Crippen molar-refractivity contribution >= 4 is 60.1 Å². The standard InChI is InChI=1S/C42H25N4/c43-26-27-23-24-35-34(25-27)39-38-32-19-9-11-21-36(32)46(45-37-22-12-10-20-33(37)40(45)28-13-3-1-4-14-28)42(38)31-18-8-7-17-30(31)41(39)44(35)29-15-5-2-6-16-29/h1-25H/q+1. The Bertz CT molecular complexity index is 2900. The third-order valence-corrected chi connectivity index (χ3v) is 9.49. The maximum Gasteiger partial charge on any atom is 0.258 e. The van der Waals surface area contributed by atoms with E-state index in [0.29, 0.717) is 5.56 Å². The third-order valence-electron chi connectivity index (χ3n) is 9.49. The van der Waals surface area contributed by atoms with Crippen molar-refractivity contribution < 1.29 is 0 Å². The highest BCUT2D eigenvalue weighted by Crippen LogP contribution is 2.46. The summed E-state index contributed by atoms with van der Waals surface area (Å²) in [5.41, 5.74) is 8.63. The molecule has 0 amide bonds. The summed E-state index contributed by atoms with van der Waals surface area (Å²) in [5, 5.41) is 19.4. The van der Waals surface area contributed by atoms with E-state index in [9.17, 15) is 5.26 Å². The summed E-state index contributed by atoms with van der Waals surface area (Å²) in [6.07, 6.45) is 0. The molecule has 1 aliphatic rings. The van der Waals surface area contributed by atoms with E-state index in [0.717, 1.165) is 38.5 Å². The molecule has 10 rings (SSSR count). The fourth-order valence-electron chi connectivity index (χ4n) is 7.67. The van der Waals surface area contributed by atoms with Gasteiger partial charge in [-0.05, 0) is 54.6 Å². The molecule has 0 fully saturated rings. The Morgan fingerprint density at radius 2 is 1.15 bits per heavy atom. The highest BCUT2D eigenvalue weighted by molar-refractivity contribution is 6.37. The van der Waals surface area contributed by atoms with Gasteiger partial charge in [-0.2, -0.15) is 5.26 Å². The van der Waals surface area contributed by atoms with Crippen LogP contribution in [0, 0.1) is 11.3 Å². The molecule has 46 heavy (non-hydrogen) atoms. The fourth-order valence-corrected chi connectivity index (χ4v) is 7.67. The number of para-hydroxylation sites is 3. The summed E-state index contributed by atoms with van der Waals surface area (Å²) in [5.74, 6) is 0. The number of rotatable bonds is 3. The molecule has 0 radical (unpaired) electrons. The van der Waals surface area contributed by atoms with Gasteiger partial charge in [0.1, 0.15) is 16.3 Å². The largest absolute Gasteiger partial charge is 0.309 e. The zero-order chi connectivity index (χ0) is 30.4. The highest BCUT2D eigenvalue weighted by Gasteiger charge is 2.35. The molecule has 9 aromatic rings. The minimum Gasteiger partial charge on any atom is -0.309 e. The van der Waals surface area contributed by atoms with Crippen LogP contribution in [-0.2, 0) is 0 Å². The summed E-state index contributed by atoms with van der Waals surface area (Å²) < 4.78 is 7.20. The number of hydrogen-bond acceptors (Lipinski definition) is 1. The maximum atomic E-state index is 10.0. The van der Waals surface area contributed by atoms with Crippen LogP contribution in [0.4, 0.5) is 0 Å². The summed E-state index contributed by atoms with van der Waals surface area (Å²) >= 11 is 0. The van der Waals surface area contributed by atoms with Gasteiger partial charge in [0, 0.05) is 49.6 Å². The van der Waals surface area contributed by atoms with Crippen LogP contribution in [0.15, 0.2) is 152 Å². The number of aromatic nitrogens is 2. The van der Waals surface area contributed by atoms with Gasteiger partial charge in [-0.25, -0.2) is 0 Å². The SMILES string of the molecule is N#Cc1ccc2c(c1)c1c3c4ccccc4n([N+]4=c5ccccc5=C4c4ccccc4)c3c3ccccc3c1n2-c1ccccc1. The van der Waals surface area contributed by atoms with Crippen LogP contribution in [0.1, 0.15) is 11.1 Å². The molecule has 0 saturated carbocycles. The van der Waals surface area contributed by atoms with E-state index in [4.69, 9.17) is 0 Å². The predicted octanol–water partition coefficient (Wildman–Crippen LogP) is 8.04. The molecule has 0 bridgehead atoms. The predicted molar refractivity (Wildman–Crippen MR) is 187 cm³/mol. The molecule has 0 N–H and O–H groups in total. The van der Waals surface area contributed by atoms with Gasteiger partial charge in [-0.15, -0.1) is 4.68 Å². The molecule has 0 saturated heterocycles. The Morgan fingerprint density at radius 1 is 0.522 bits per heavy atom. The Labute approximate surface area is 263 Å². The normalized spacial score (nSPS) is 12.7. The van der Waals surface area contributed by atoms with Crippen LogP contribution in [0.25, 0.3) is 65.8 Å². The highest BCUT2D eigenvalue weighted by atomic mass is 15.5. The summed E-state index contributed by atoms with van der Waals surface area (Å²) in [6.45, 7) is 0. The van der Waals surface area contributed by atoms with Crippen molar-refractivity contribution in [2.45, 2.75) is 0 Å². The van der Waals surface area contributed by atoms with Gasteiger partial charge in [0.2, 0.25) is 0 Å². The van der Waals surface area contributed by atoms with Crippen LogP contribution >= 0.6 is 0 Å². The summed E-state index contributed by atoms with van der Waals surface area (Å²) in [7, 11) is 0. The molecule has 212 valence electrons. The lowest BCUT2D eigenvalue weighted by molar-refractivity contribution is 0.626. The second kappa shape index (κ2) is 9.28. The van der Waals surface area contributed by atoms with Crippen LogP contribution in [0.2, 0.25) is 0 Å². The summed E-state index contributed by atoms with van der Waals surface area (Å²) in [6, 6.07) is 55.9. The number of fused-ring (bicyclic) bond motifs is 11. The first kappa shape index (κ1) is 24.9. The van der Waals surface area contributed by atoms with Crippen LogP contribution in [-0.4, -0.2) is 9.24 Å². The molecule has 0 spiro atoms. The van der Waals surface area contributed by atoms with E-state index < -0.39 is 0 Å². The van der Waals surface area contributed by atoms with Gasteiger partial charge >= 0.3 is 0 Å². The van der Waals surface area contributed by atoms with E-state index in [1.807, 2.05) is 6.07 Å². The quantitative estimate of drug-likeness (QED) is 0.193. The van der Waals surface area contributed by atoms with Crippen LogP contribution in [0.5, 0.6) is 0 Å². The van der Waals surface area contributed by atoms with Crippen molar-refractivity contribution in [3.8, 4) is 11.8 Å². The molecule has 2 aromatic heterocycles. The zero-order valence-corrected chi connectivity index (χ0v) is 24.7. The second-order valence-electron chi connectivity index (χ2n) is 11.9. The second-order valence-corrected chi connectivity index (χ2v) is 11.9. The molecule has 0 unspecified atom stereocenters. The molecule has 4 nitrogen and oxygen atoms in total. The first-order valence-electron chi connectivity index (χ1n) is 15.5. The fraction of sp³-hybridized carbons (Fsp3) is 0. The van der Waals surface area contributed by atoms with Crippen molar-refractivity contribution in [1.29, 1.82) is 5.26 Å². The molecule has 0 atom stereocenters. The smallest absolute Gasteiger partial charge is 0.258 e. The van der Waals surface area contributed by atoms with Gasteiger partial charge in [-0.3, -0.25) is 0 Å². The van der Waals surface area contributed by atoms with Crippen molar-refractivity contribution in [3.63, 3.8) is 0 Å². The molecule has 0 aliphatic carbocycles. The molecule has 1 aliphatic heterocycles. The van der Waals surface area contributed by atoms with Crippen molar-refractivity contribution in [1.82, 2.24) is 13.9 Å². The average molecular weight is 586 g/mol. The van der Waals surface area contributed by atoms with Crippen molar-refractivity contribution in [2.24, 2.45) is 0 Å². The number of nitriles is 1.